The minimum atomic E-state index is -3.92. The first-order valence-electron chi connectivity index (χ1n) is 9.54. The highest BCUT2D eigenvalue weighted by molar-refractivity contribution is 7.92. The Morgan fingerprint density at radius 2 is 1.56 bits per heavy atom. The van der Waals surface area contributed by atoms with E-state index in [9.17, 15) is 21.6 Å². The van der Waals surface area contributed by atoms with Crippen LogP contribution in [0.5, 0.6) is 0 Å². The molecular weight excluding hydrogens is 450 g/mol. The Labute approximate surface area is 187 Å². The van der Waals surface area contributed by atoms with Crippen molar-refractivity contribution in [1.29, 1.82) is 0 Å². The summed E-state index contributed by atoms with van der Waals surface area (Å²) in [6.45, 7) is 3.50. The number of aryl methyl sites for hydroxylation is 2. The van der Waals surface area contributed by atoms with E-state index in [0.717, 1.165) is 5.56 Å². The molecule has 0 saturated heterocycles. The molecular formula is C22H23N3O5S2. The van der Waals surface area contributed by atoms with Crippen molar-refractivity contribution in [3.8, 4) is 0 Å². The number of rotatable bonds is 7. The summed E-state index contributed by atoms with van der Waals surface area (Å²) >= 11 is 0. The summed E-state index contributed by atoms with van der Waals surface area (Å²) in [5.41, 5.74) is 2.55. The maximum atomic E-state index is 13.0. The maximum Gasteiger partial charge on any atom is 0.262 e. The monoisotopic (exact) mass is 473 g/mol. The van der Waals surface area contributed by atoms with Gasteiger partial charge in [-0.25, -0.2) is 22.0 Å². The summed E-state index contributed by atoms with van der Waals surface area (Å²) in [4.78, 5) is 13.0. The standard InChI is InChI=1S/C22H23N3O5S2/c1-15-7-8-16(2)21(13-15)32(29,30)25-20-6-4-3-5-19(20)22(26)24-18-11-9-17(10-12-18)14-31(23,27)28/h3-13,25H,14H2,1-2H3,(H,24,26)(H2,23,27,28). The Hall–Kier alpha value is -3.21. The molecule has 3 aromatic rings. The van der Waals surface area contributed by atoms with E-state index in [1.807, 2.05) is 6.07 Å². The van der Waals surface area contributed by atoms with Gasteiger partial charge in [-0.05, 0) is 60.9 Å². The van der Waals surface area contributed by atoms with Crippen LogP contribution in [0, 0.1) is 13.8 Å². The van der Waals surface area contributed by atoms with Gasteiger partial charge in [-0.3, -0.25) is 9.52 Å². The molecule has 0 spiro atoms. The van der Waals surface area contributed by atoms with Crippen LogP contribution in [0.3, 0.4) is 0 Å². The Morgan fingerprint density at radius 3 is 2.22 bits per heavy atom. The highest BCUT2D eigenvalue weighted by Crippen LogP contribution is 2.24. The summed E-state index contributed by atoms with van der Waals surface area (Å²) in [6, 6.07) is 17.5. The van der Waals surface area contributed by atoms with Crippen LogP contribution in [0.4, 0.5) is 11.4 Å². The Kier molecular flexibility index (Phi) is 6.68. The molecule has 0 fully saturated rings. The number of hydrogen-bond acceptors (Lipinski definition) is 5. The lowest BCUT2D eigenvalue weighted by Crippen LogP contribution is -2.19. The number of nitrogens with one attached hydrogen (secondary N) is 2. The molecule has 0 bridgehead atoms. The van der Waals surface area contributed by atoms with Crippen molar-refractivity contribution in [3.05, 3.63) is 89.0 Å². The summed E-state index contributed by atoms with van der Waals surface area (Å²) in [7, 11) is -7.58. The van der Waals surface area contributed by atoms with Crippen LogP contribution in [0.25, 0.3) is 0 Å². The lowest BCUT2D eigenvalue weighted by molar-refractivity contribution is 0.102. The second-order valence-corrected chi connectivity index (χ2v) is 10.6. The predicted molar refractivity (Wildman–Crippen MR) is 124 cm³/mol. The molecule has 0 saturated carbocycles. The van der Waals surface area contributed by atoms with Gasteiger partial charge in [0.05, 0.1) is 21.9 Å². The fraction of sp³-hybridized carbons (Fsp3) is 0.136. The second-order valence-electron chi connectivity index (χ2n) is 7.38. The molecule has 0 aliphatic heterocycles. The molecule has 4 N–H and O–H groups in total. The van der Waals surface area contributed by atoms with Gasteiger partial charge < -0.3 is 5.32 Å². The fourth-order valence-electron chi connectivity index (χ4n) is 3.08. The van der Waals surface area contributed by atoms with Gasteiger partial charge in [0, 0.05) is 5.69 Å². The van der Waals surface area contributed by atoms with E-state index in [1.165, 1.54) is 24.3 Å². The molecule has 8 nitrogen and oxygen atoms in total. The van der Waals surface area contributed by atoms with Crippen molar-refractivity contribution in [3.63, 3.8) is 0 Å². The van der Waals surface area contributed by atoms with E-state index >= 15 is 0 Å². The molecule has 0 unspecified atom stereocenters. The van der Waals surface area contributed by atoms with E-state index in [0.29, 0.717) is 16.8 Å². The number of carbonyl (C=O) groups is 1. The van der Waals surface area contributed by atoms with E-state index < -0.39 is 26.0 Å². The van der Waals surface area contributed by atoms with E-state index in [2.05, 4.69) is 10.0 Å². The second kappa shape index (κ2) is 9.11. The number of para-hydroxylation sites is 1. The zero-order valence-corrected chi connectivity index (χ0v) is 19.1. The number of primary sulfonamides is 1. The van der Waals surface area contributed by atoms with Gasteiger partial charge in [-0.1, -0.05) is 36.4 Å². The highest BCUT2D eigenvalue weighted by atomic mass is 32.2. The largest absolute Gasteiger partial charge is 0.322 e. The minimum absolute atomic E-state index is 0.134. The third-order valence-corrected chi connectivity index (χ3v) is 6.87. The van der Waals surface area contributed by atoms with Crippen molar-refractivity contribution in [2.75, 3.05) is 10.0 Å². The van der Waals surface area contributed by atoms with Crippen molar-refractivity contribution >= 4 is 37.3 Å². The van der Waals surface area contributed by atoms with Crippen LogP contribution in [0.15, 0.2) is 71.6 Å². The highest BCUT2D eigenvalue weighted by Gasteiger charge is 2.20. The van der Waals surface area contributed by atoms with Crippen LogP contribution in [-0.2, 0) is 25.8 Å². The number of sulfonamides is 2. The lowest BCUT2D eigenvalue weighted by atomic mass is 10.1. The quantitative estimate of drug-likeness (QED) is 0.484. The number of hydrogen-bond donors (Lipinski definition) is 3. The van der Waals surface area contributed by atoms with E-state index in [1.54, 1.807) is 50.2 Å². The van der Waals surface area contributed by atoms with Crippen LogP contribution >= 0.6 is 0 Å². The zero-order chi connectivity index (χ0) is 23.5. The van der Waals surface area contributed by atoms with Crippen LogP contribution in [-0.4, -0.2) is 22.7 Å². The summed E-state index contributed by atoms with van der Waals surface area (Å²) in [5, 5.41) is 7.72. The number of nitrogens with two attached hydrogens (primary N) is 1. The zero-order valence-electron chi connectivity index (χ0n) is 17.5. The van der Waals surface area contributed by atoms with Crippen molar-refractivity contribution in [2.24, 2.45) is 5.14 Å². The fourth-order valence-corrected chi connectivity index (χ4v) is 5.15. The van der Waals surface area contributed by atoms with E-state index in [4.69, 9.17) is 5.14 Å². The van der Waals surface area contributed by atoms with Crippen molar-refractivity contribution in [2.45, 2.75) is 24.5 Å². The molecule has 10 heteroatoms. The van der Waals surface area contributed by atoms with Gasteiger partial charge in [0.25, 0.3) is 15.9 Å². The third kappa shape index (κ3) is 5.94. The Balaban J connectivity index is 1.83. The molecule has 168 valence electrons. The molecule has 0 radical (unpaired) electrons. The SMILES string of the molecule is Cc1ccc(C)c(S(=O)(=O)Nc2ccccc2C(=O)Nc2ccc(CS(N)(=O)=O)cc2)c1. The molecule has 32 heavy (non-hydrogen) atoms. The third-order valence-electron chi connectivity index (χ3n) is 4.63. The smallest absolute Gasteiger partial charge is 0.262 e. The Bertz CT molecular complexity index is 1370. The average Bonchev–Trinajstić information content (AvgIpc) is 2.70. The molecule has 3 aromatic carbocycles. The molecule has 0 heterocycles. The number of anilines is 2. The van der Waals surface area contributed by atoms with Gasteiger partial charge in [-0.15, -0.1) is 0 Å². The molecule has 1 amide bonds. The number of amides is 1. The molecule has 0 atom stereocenters. The summed E-state index contributed by atoms with van der Waals surface area (Å²) in [5.74, 6) is -0.840. The summed E-state index contributed by atoms with van der Waals surface area (Å²) in [6.07, 6.45) is 0. The molecule has 3 rings (SSSR count). The van der Waals surface area contributed by atoms with Gasteiger partial charge in [0.1, 0.15) is 0 Å². The summed E-state index contributed by atoms with van der Waals surface area (Å²) < 4.78 is 50.8. The van der Waals surface area contributed by atoms with Crippen LogP contribution < -0.4 is 15.2 Å². The first-order valence-corrected chi connectivity index (χ1v) is 12.7. The van der Waals surface area contributed by atoms with Gasteiger partial charge in [0.2, 0.25) is 10.0 Å². The minimum Gasteiger partial charge on any atom is -0.322 e. The molecule has 0 aliphatic rings. The lowest BCUT2D eigenvalue weighted by Gasteiger charge is -2.14. The van der Waals surface area contributed by atoms with E-state index in [-0.39, 0.29) is 21.9 Å². The molecule has 0 aliphatic carbocycles. The van der Waals surface area contributed by atoms with Gasteiger partial charge >= 0.3 is 0 Å². The first-order chi connectivity index (χ1) is 14.9. The number of carbonyl (C=O) groups excluding carboxylic acids is 1. The van der Waals surface area contributed by atoms with Gasteiger partial charge in [0.15, 0.2) is 0 Å². The van der Waals surface area contributed by atoms with Crippen molar-refractivity contribution < 1.29 is 21.6 Å². The number of benzene rings is 3. The molecule has 0 aromatic heterocycles. The average molecular weight is 474 g/mol. The van der Waals surface area contributed by atoms with Crippen LogP contribution in [0.2, 0.25) is 0 Å². The first kappa shape index (κ1) is 23.5. The van der Waals surface area contributed by atoms with Gasteiger partial charge in [-0.2, -0.15) is 0 Å². The maximum absolute atomic E-state index is 13.0. The Morgan fingerprint density at radius 1 is 0.906 bits per heavy atom. The van der Waals surface area contributed by atoms with Crippen molar-refractivity contribution in [1.82, 2.24) is 0 Å². The topological polar surface area (TPSA) is 135 Å². The normalized spacial score (nSPS) is 11.7. The van der Waals surface area contributed by atoms with Crippen LogP contribution in [0.1, 0.15) is 27.0 Å². The predicted octanol–water partition coefficient (Wildman–Crippen LogP) is 3.15.